The normalized spacial score (nSPS) is 10.4. The molecule has 3 nitrogen and oxygen atoms in total. The van der Waals surface area contributed by atoms with Crippen molar-refractivity contribution < 1.29 is 4.79 Å². The van der Waals surface area contributed by atoms with Crippen molar-refractivity contribution in [2.45, 2.75) is 13.8 Å². The zero-order chi connectivity index (χ0) is 13.3. The summed E-state index contributed by atoms with van der Waals surface area (Å²) in [6.07, 6.45) is 0. The molecule has 0 bridgehead atoms. The third-order valence-corrected chi connectivity index (χ3v) is 4.74. The number of hydrogen-bond donors (Lipinski definition) is 2. The standard InChI is InChI=1S/C13H13BrN2OS/c1-7-5-9(3-4-10(7)15)16-13(17)11-6-8(2)12(14)18-11/h3-6H,15H2,1-2H3,(H,16,17). The summed E-state index contributed by atoms with van der Waals surface area (Å²) >= 11 is 4.84. The number of benzene rings is 1. The molecule has 0 atom stereocenters. The molecule has 0 aliphatic rings. The summed E-state index contributed by atoms with van der Waals surface area (Å²) in [6, 6.07) is 7.33. The Hall–Kier alpha value is -1.33. The van der Waals surface area contributed by atoms with Crippen molar-refractivity contribution in [2.75, 3.05) is 11.1 Å². The highest BCUT2D eigenvalue weighted by Gasteiger charge is 2.11. The predicted octanol–water partition coefficient (Wildman–Crippen LogP) is 3.96. The van der Waals surface area contributed by atoms with Crippen LogP contribution in [0.5, 0.6) is 0 Å². The SMILES string of the molecule is Cc1cc(NC(=O)c2cc(C)c(Br)s2)ccc1N. The molecule has 2 aromatic rings. The second-order valence-electron chi connectivity index (χ2n) is 4.09. The molecule has 0 aliphatic heterocycles. The lowest BCUT2D eigenvalue weighted by Gasteiger charge is -2.06. The van der Waals surface area contributed by atoms with Gasteiger partial charge in [-0.25, -0.2) is 0 Å². The number of carbonyl (C=O) groups is 1. The van der Waals surface area contributed by atoms with E-state index in [0.717, 1.165) is 26.3 Å². The van der Waals surface area contributed by atoms with Gasteiger partial charge in [0.15, 0.2) is 0 Å². The molecule has 2 rings (SSSR count). The first-order valence-electron chi connectivity index (χ1n) is 5.41. The van der Waals surface area contributed by atoms with E-state index in [2.05, 4.69) is 21.2 Å². The quantitative estimate of drug-likeness (QED) is 0.821. The minimum atomic E-state index is -0.0991. The zero-order valence-electron chi connectivity index (χ0n) is 10.1. The third-order valence-electron chi connectivity index (χ3n) is 2.61. The highest BCUT2D eigenvalue weighted by molar-refractivity contribution is 9.11. The molecule has 0 spiro atoms. The first-order valence-corrected chi connectivity index (χ1v) is 7.01. The van der Waals surface area contributed by atoms with Gasteiger partial charge in [0.1, 0.15) is 0 Å². The van der Waals surface area contributed by atoms with Crippen molar-refractivity contribution in [3.05, 3.63) is 44.1 Å². The molecule has 3 N–H and O–H groups in total. The maximum Gasteiger partial charge on any atom is 0.265 e. The molecule has 0 fully saturated rings. The molecule has 0 saturated heterocycles. The topological polar surface area (TPSA) is 55.1 Å². The van der Waals surface area contributed by atoms with Gasteiger partial charge in [0.2, 0.25) is 0 Å². The van der Waals surface area contributed by atoms with E-state index >= 15 is 0 Å². The molecular formula is C13H13BrN2OS. The number of nitrogen functional groups attached to an aromatic ring is 1. The number of amides is 1. The summed E-state index contributed by atoms with van der Waals surface area (Å²) in [6.45, 7) is 3.88. The van der Waals surface area contributed by atoms with Gasteiger partial charge in [-0.15, -0.1) is 11.3 Å². The minimum Gasteiger partial charge on any atom is -0.399 e. The van der Waals surface area contributed by atoms with Crippen LogP contribution in [0.2, 0.25) is 0 Å². The Bertz CT molecular complexity index is 588. The Morgan fingerprint density at radius 1 is 1.28 bits per heavy atom. The summed E-state index contributed by atoms with van der Waals surface area (Å²) in [4.78, 5) is 12.7. The van der Waals surface area contributed by atoms with Gasteiger partial charge in [-0.3, -0.25) is 4.79 Å². The van der Waals surface area contributed by atoms with E-state index in [0.29, 0.717) is 4.88 Å². The number of halogens is 1. The fraction of sp³-hybridized carbons (Fsp3) is 0.154. The van der Waals surface area contributed by atoms with Crippen LogP contribution >= 0.6 is 27.3 Å². The molecule has 1 aromatic carbocycles. The number of aryl methyl sites for hydroxylation is 2. The zero-order valence-corrected chi connectivity index (χ0v) is 12.5. The van der Waals surface area contributed by atoms with E-state index in [9.17, 15) is 4.79 Å². The van der Waals surface area contributed by atoms with Crippen molar-refractivity contribution in [2.24, 2.45) is 0 Å². The molecule has 1 aromatic heterocycles. The van der Waals surface area contributed by atoms with Crippen molar-refractivity contribution in [3.63, 3.8) is 0 Å². The van der Waals surface area contributed by atoms with Crippen LogP contribution in [0.4, 0.5) is 11.4 Å². The number of hydrogen-bond acceptors (Lipinski definition) is 3. The Kier molecular flexibility index (Phi) is 3.73. The second kappa shape index (κ2) is 5.12. The Morgan fingerprint density at radius 3 is 2.56 bits per heavy atom. The summed E-state index contributed by atoms with van der Waals surface area (Å²) in [5.41, 5.74) is 9.24. The Morgan fingerprint density at radius 2 is 2.00 bits per heavy atom. The van der Waals surface area contributed by atoms with E-state index in [1.165, 1.54) is 11.3 Å². The maximum atomic E-state index is 12.0. The molecular weight excluding hydrogens is 312 g/mol. The number of rotatable bonds is 2. The predicted molar refractivity (Wildman–Crippen MR) is 80.3 cm³/mol. The number of thiophene rings is 1. The fourth-order valence-corrected chi connectivity index (χ4v) is 2.95. The van der Waals surface area contributed by atoms with Crippen molar-refractivity contribution in [3.8, 4) is 0 Å². The molecule has 0 unspecified atom stereocenters. The largest absolute Gasteiger partial charge is 0.399 e. The lowest BCUT2D eigenvalue weighted by atomic mass is 10.2. The molecule has 18 heavy (non-hydrogen) atoms. The van der Waals surface area contributed by atoms with E-state index in [4.69, 9.17) is 5.73 Å². The van der Waals surface area contributed by atoms with Crippen LogP contribution in [-0.4, -0.2) is 5.91 Å². The smallest absolute Gasteiger partial charge is 0.265 e. The molecule has 1 heterocycles. The van der Waals surface area contributed by atoms with Gasteiger partial charge in [0, 0.05) is 11.4 Å². The van der Waals surface area contributed by atoms with Crippen LogP contribution in [0.3, 0.4) is 0 Å². The summed E-state index contributed by atoms with van der Waals surface area (Å²) in [7, 11) is 0. The minimum absolute atomic E-state index is 0.0991. The summed E-state index contributed by atoms with van der Waals surface area (Å²) in [5.74, 6) is -0.0991. The molecule has 0 saturated carbocycles. The van der Waals surface area contributed by atoms with Gasteiger partial charge < -0.3 is 11.1 Å². The lowest BCUT2D eigenvalue weighted by molar-refractivity contribution is 0.103. The van der Waals surface area contributed by atoms with E-state index in [-0.39, 0.29) is 5.91 Å². The first-order chi connectivity index (χ1) is 8.47. The third kappa shape index (κ3) is 2.73. The summed E-state index contributed by atoms with van der Waals surface area (Å²) < 4.78 is 0.987. The molecule has 0 aliphatic carbocycles. The van der Waals surface area contributed by atoms with Crippen LogP contribution in [0.1, 0.15) is 20.8 Å². The van der Waals surface area contributed by atoms with Crippen LogP contribution in [0.15, 0.2) is 28.1 Å². The van der Waals surface area contributed by atoms with E-state index in [1.807, 2.05) is 26.0 Å². The number of carbonyl (C=O) groups excluding carboxylic acids is 1. The van der Waals surface area contributed by atoms with Crippen LogP contribution in [-0.2, 0) is 0 Å². The van der Waals surface area contributed by atoms with Crippen LogP contribution in [0, 0.1) is 13.8 Å². The summed E-state index contributed by atoms with van der Waals surface area (Å²) in [5, 5.41) is 2.86. The van der Waals surface area contributed by atoms with Gasteiger partial charge in [-0.2, -0.15) is 0 Å². The van der Waals surface area contributed by atoms with Crippen molar-refractivity contribution in [1.29, 1.82) is 0 Å². The molecule has 94 valence electrons. The van der Waals surface area contributed by atoms with Gasteiger partial charge in [-0.05, 0) is 65.2 Å². The lowest BCUT2D eigenvalue weighted by Crippen LogP contribution is -2.10. The first kappa shape index (κ1) is 13.1. The number of nitrogens with one attached hydrogen (secondary N) is 1. The van der Waals surface area contributed by atoms with Crippen molar-refractivity contribution >= 4 is 44.5 Å². The van der Waals surface area contributed by atoms with Gasteiger partial charge in [0.05, 0.1) is 8.66 Å². The van der Waals surface area contributed by atoms with Gasteiger partial charge in [0.25, 0.3) is 5.91 Å². The van der Waals surface area contributed by atoms with Crippen molar-refractivity contribution in [1.82, 2.24) is 0 Å². The molecule has 0 radical (unpaired) electrons. The second-order valence-corrected chi connectivity index (χ2v) is 6.46. The Balaban J connectivity index is 2.18. The number of anilines is 2. The highest BCUT2D eigenvalue weighted by atomic mass is 79.9. The average Bonchev–Trinajstić information content (AvgIpc) is 2.65. The van der Waals surface area contributed by atoms with Gasteiger partial charge >= 0.3 is 0 Å². The average molecular weight is 325 g/mol. The van der Waals surface area contributed by atoms with E-state index < -0.39 is 0 Å². The monoisotopic (exact) mass is 324 g/mol. The molecule has 1 amide bonds. The maximum absolute atomic E-state index is 12.0. The van der Waals surface area contributed by atoms with Crippen LogP contribution in [0.25, 0.3) is 0 Å². The van der Waals surface area contributed by atoms with E-state index in [1.54, 1.807) is 12.1 Å². The fourth-order valence-electron chi connectivity index (χ4n) is 1.52. The highest BCUT2D eigenvalue weighted by Crippen LogP contribution is 2.28. The number of nitrogens with two attached hydrogens (primary N) is 1. The Labute approximate surface area is 118 Å². The molecule has 5 heteroatoms. The van der Waals surface area contributed by atoms with Gasteiger partial charge in [-0.1, -0.05) is 0 Å². The van der Waals surface area contributed by atoms with Crippen LogP contribution < -0.4 is 11.1 Å².